The number of benzene rings is 3. The molecule has 4 rings (SSSR count). The fraction of sp³-hybridized carbons (Fsp3) is 0.300. The average Bonchev–Trinajstić information content (AvgIpc) is 2.47. The molecule has 0 saturated heterocycles. The van der Waals surface area contributed by atoms with Gasteiger partial charge < -0.3 is 0 Å². The largest absolute Gasteiger partial charge is 0.0837 e. The van der Waals surface area contributed by atoms with Crippen molar-refractivity contribution < 1.29 is 0 Å². The molecule has 1 unspecified atom stereocenters. The van der Waals surface area contributed by atoms with Crippen LogP contribution in [0.15, 0.2) is 36.4 Å². The topological polar surface area (TPSA) is 0 Å². The highest BCUT2D eigenvalue weighted by atomic mass is 35.5. The minimum absolute atomic E-state index is 0.661. The lowest BCUT2D eigenvalue weighted by Gasteiger charge is -2.25. The summed E-state index contributed by atoms with van der Waals surface area (Å²) in [5.74, 6) is 0.661. The Labute approximate surface area is 130 Å². The molecular formula is C20H19Cl. The van der Waals surface area contributed by atoms with E-state index in [2.05, 4.69) is 44.2 Å². The van der Waals surface area contributed by atoms with Crippen LogP contribution < -0.4 is 0 Å². The van der Waals surface area contributed by atoms with Crippen LogP contribution in [0.5, 0.6) is 0 Å². The van der Waals surface area contributed by atoms with Gasteiger partial charge in [0.25, 0.3) is 0 Å². The van der Waals surface area contributed by atoms with Gasteiger partial charge in [0, 0.05) is 10.4 Å². The summed E-state index contributed by atoms with van der Waals surface area (Å²) >= 11 is 6.43. The first-order valence-corrected chi connectivity index (χ1v) is 8.18. The first-order chi connectivity index (χ1) is 10.2. The molecule has 0 radical (unpaired) electrons. The molecule has 0 N–H and O–H groups in total. The van der Waals surface area contributed by atoms with Gasteiger partial charge in [0.05, 0.1) is 0 Å². The van der Waals surface area contributed by atoms with Crippen LogP contribution in [0.2, 0.25) is 5.02 Å². The van der Waals surface area contributed by atoms with Crippen molar-refractivity contribution in [2.45, 2.75) is 39.0 Å². The summed E-state index contributed by atoms with van der Waals surface area (Å²) in [5, 5.41) is 6.14. The van der Waals surface area contributed by atoms with E-state index in [1.54, 1.807) is 11.1 Å². The average molecular weight is 295 g/mol. The van der Waals surface area contributed by atoms with Gasteiger partial charge in [-0.2, -0.15) is 0 Å². The van der Waals surface area contributed by atoms with E-state index in [1.165, 1.54) is 46.4 Å². The summed E-state index contributed by atoms with van der Waals surface area (Å²) in [7, 11) is 0. The molecule has 1 atom stereocenters. The highest BCUT2D eigenvalue weighted by Crippen LogP contribution is 2.40. The third-order valence-electron chi connectivity index (χ3n) is 5.01. The molecule has 0 aliphatic heterocycles. The van der Waals surface area contributed by atoms with Crippen LogP contribution >= 0.6 is 11.6 Å². The van der Waals surface area contributed by atoms with Gasteiger partial charge in [0.15, 0.2) is 0 Å². The Kier molecular flexibility index (Phi) is 2.97. The predicted octanol–water partition coefficient (Wildman–Crippen LogP) is 6.39. The van der Waals surface area contributed by atoms with E-state index in [1.807, 2.05) is 6.07 Å². The number of halogens is 1. The Balaban J connectivity index is 2.20. The monoisotopic (exact) mass is 294 g/mol. The van der Waals surface area contributed by atoms with Crippen LogP contribution in [0.25, 0.3) is 21.5 Å². The molecule has 1 heteroatoms. The Morgan fingerprint density at radius 3 is 2.76 bits per heavy atom. The fourth-order valence-electron chi connectivity index (χ4n) is 4.05. The molecule has 1 aliphatic rings. The first-order valence-electron chi connectivity index (χ1n) is 7.80. The van der Waals surface area contributed by atoms with Crippen LogP contribution in [-0.4, -0.2) is 0 Å². The second-order valence-electron chi connectivity index (χ2n) is 6.38. The van der Waals surface area contributed by atoms with Gasteiger partial charge in [-0.3, -0.25) is 0 Å². The molecule has 3 aromatic rings. The second kappa shape index (κ2) is 4.74. The summed E-state index contributed by atoms with van der Waals surface area (Å²) in [6.07, 6.45) is 3.85. The van der Waals surface area contributed by atoms with E-state index in [0.29, 0.717) is 5.92 Å². The number of hydrogen-bond acceptors (Lipinski definition) is 0. The van der Waals surface area contributed by atoms with E-state index >= 15 is 0 Å². The smallest absolute Gasteiger partial charge is 0.0487 e. The minimum atomic E-state index is 0.661. The summed E-state index contributed by atoms with van der Waals surface area (Å²) in [6, 6.07) is 13.2. The lowest BCUT2D eigenvalue weighted by molar-refractivity contribution is 0.595. The molecule has 0 amide bonds. The number of aryl methyl sites for hydroxylation is 2. The van der Waals surface area contributed by atoms with Crippen molar-refractivity contribution in [3.05, 3.63) is 58.1 Å². The predicted molar refractivity (Wildman–Crippen MR) is 92.6 cm³/mol. The molecule has 0 fully saturated rings. The molecule has 0 spiro atoms. The molecule has 0 bridgehead atoms. The van der Waals surface area contributed by atoms with E-state index in [9.17, 15) is 0 Å². The summed E-state index contributed by atoms with van der Waals surface area (Å²) in [5.41, 5.74) is 4.40. The second-order valence-corrected chi connectivity index (χ2v) is 6.79. The van der Waals surface area contributed by atoms with Crippen molar-refractivity contribution in [2.75, 3.05) is 0 Å². The van der Waals surface area contributed by atoms with E-state index in [4.69, 9.17) is 11.6 Å². The van der Waals surface area contributed by atoms with Crippen LogP contribution in [0.3, 0.4) is 0 Å². The maximum absolute atomic E-state index is 6.43. The standard InChI is InChI=1S/C20H19Cl/c1-12-5-3-6-14-9-10-15-16-7-4-8-18(21)20(16)13(2)11-17(15)19(12)14/h4,7-12H,3,5-6H2,1-2H3. The maximum Gasteiger partial charge on any atom is 0.0487 e. The van der Waals surface area contributed by atoms with Crippen LogP contribution in [0.1, 0.15) is 42.4 Å². The Morgan fingerprint density at radius 1 is 1.05 bits per heavy atom. The SMILES string of the molecule is Cc1cc2c3c(ccc2c2cccc(Cl)c12)CCCC3C. The van der Waals surface area contributed by atoms with Gasteiger partial charge >= 0.3 is 0 Å². The number of hydrogen-bond donors (Lipinski definition) is 0. The van der Waals surface area contributed by atoms with Gasteiger partial charge in [-0.25, -0.2) is 0 Å². The zero-order valence-corrected chi connectivity index (χ0v) is 13.3. The number of rotatable bonds is 0. The molecule has 0 nitrogen and oxygen atoms in total. The maximum atomic E-state index is 6.43. The number of fused-ring (bicyclic) bond motifs is 5. The van der Waals surface area contributed by atoms with Crippen molar-refractivity contribution in [3.63, 3.8) is 0 Å². The molecule has 106 valence electrons. The van der Waals surface area contributed by atoms with Crippen LogP contribution in [0.4, 0.5) is 0 Å². The quantitative estimate of drug-likeness (QED) is 0.421. The van der Waals surface area contributed by atoms with Crippen LogP contribution in [0, 0.1) is 6.92 Å². The Bertz CT molecular complexity index is 861. The van der Waals surface area contributed by atoms with Gasteiger partial charge in [-0.05, 0) is 71.0 Å². The molecular weight excluding hydrogens is 276 g/mol. The summed E-state index contributed by atoms with van der Waals surface area (Å²) in [6.45, 7) is 4.55. The van der Waals surface area contributed by atoms with Crippen molar-refractivity contribution in [1.29, 1.82) is 0 Å². The van der Waals surface area contributed by atoms with Crippen molar-refractivity contribution in [1.82, 2.24) is 0 Å². The van der Waals surface area contributed by atoms with Crippen LogP contribution in [-0.2, 0) is 6.42 Å². The van der Waals surface area contributed by atoms with E-state index in [0.717, 1.165) is 5.02 Å². The zero-order chi connectivity index (χ0) is 14.6. The van der Waals surface area contributed by atoms with Gasteiger partial charge in [0.2, 0.25) is 0 Å². The molecule has 0 aromatic heterocycles. The van der Waals surface area contributed by atoms with E-state index in [-0.39, 0.29) is 0 Å². The Morgan fingerprint density at radius 2 is 1.90 bits per heavy atom. The minimum Gasteiger partial charge on any atom is -0.0837 e. The summed E-state index contributed by atoms with van der Waals surface area (Å²) < 4.78 is 0. The van der Waals surface area contributed by atoms with Crippen molar-refractivity contribution in [3.8, 4) is 0 Å². The van der Waals surface area contributed by atoms with Gasteiger partial charge in [-0.15, -0.1) is 0 Å². The lowest BCUT2D eigenvalue weighted by Crippen LogP contribution is -2.07. The highest BCUT2D eigenvalue weighted by molar-refractivity contribution is 6.37. The Hall–Kier alpha value is -1.53. The molecule has 0 heterocycles. The van der Waals surface area contributed by atoms with E-state index < -0.39 is 0 Å². The first kappa shape index (κ1) is 13.2. The molecule has 0 saturated carbocycles. The van der Waals surface area contributed by atoms with Gasteiger partial charge in [-0.1, -0.05) is 48.9 Å². The van der Waals surface area contributed by atoms with Crippen molar-refractivity contribution >= 4 is 33.1 Å². The highest BCUT2D eigenvalue weighted by Gasteiger charge is 2.20. The third-order valence-corrected chi connectivity index (χ3v) is 5.33. The molecule has 21 heavy (non-hydrogen) atoms. The zero-order valence-electron chi connectivity index (χ0n) is 12.5. The summed E-state index contributed by atoms with van der Waals surface area (Å²) in [4.78, 5) is 0. The third kappa shape index (κ3) is 1.89. The lowest BCUT2D eigenvalue weighted by atomic mass is 9.80. The van der Waals surface area contributed by atoms with Crippen molar-refractivity contribution in [2.24, 2.45) is 0 Å². The van der Waals surface area contributed by atoms with Gasteiger partial charge in [0.1, 0.15) is 0 Å². The molecule has 3 aromatic carbocycles. The molecule has 1 aliphatic carbocycles. The fourth-order valence-corrected chi connectivity index (χ4v) is 4.38. The normalized spacial score (nSPS) is 18.1.